The fourth-order valence-electron chi connectivity index (χ4n) is 6.09. The molecule has 2 atom stereocenters. The van der Waals surface area contributed by atoms with Crippen LogP contribution in [0.25, 0.3) is 0 Å². The van der Waals surface area contributed by atoms with Gasteiger partial charge in [0.1, 0.15) is 35.2 Å². The molecule has 8 rings (SSSR count). The Labute approximate surface area is 293 Å². The molecule has 4 heterocycles. The van der Waals surface area contributed by atoms with Gasteiger partial charge in [-0.1, -0.05) is 60.7 Å². The number of nitrogens with two attached hydrogens (primary N) is 1. The van der Waals surface area contributed by atoms with Crippen LogP contribution in [0.1, 0.15) is 47.3 Å². The minimum atomic E-state index is 0.115. The molecule has 2 N–H and O–H groups in total. The number of anilines is 2. The summed E-state index contributed by atoms with van der Waals surface area (Å²) in [5, 5.41) is 0. The van der Waals surface area contributed by atoms with Crippen LogP contribution in [0.5, 0.6) is 34.8 Å². The lowest BCUT2D eigenvalue weighted by atomic mass is 9.97. The summed E-state index contributed by atoms with van der Waals surface area (Å²) in [6.45, 7) is 0. The molecule has 0 saturated heterocycles. The Bertz CT molecular complexity index is 2020. The van der Waals surface area contributed by atoms with Gasteiger partial charge in [-0.2, -0.15) is 0 Å². The van der Waals surface area contributed by atoms with Crippen LogP contribution in [0.15, 0.2) is 134 Å². The third-order valence-electron chi connectivity index (χ3n) is 8.74. The zero-order chi connectivity index (χ0) is 34.3. The van der Waals surface area contributed by atoms with Gasteiger partial charge in [0, 0.05) is 38.1 Å². The Morgan fingerprint density at radius 2 is 1.18 bits per heavy atom. The van der Waals surface area contributed by atoms with Gasteiger partial charge in [-0.3, -0.25) is 0 Å². The fourth-order valence-corrected chi connectivity index (χ4v) is 6.09. The number of nitrogen functional groups attached to an aromatic ring is 1. The smallest absolute Gasteiger partial charge is 0.221 e. The Balaban J connectivity index is 0.000000157. The molecule has 252 valence electrons. The molecular weight excluding hydrogens is 624 g/mol. The summed E-state index contributed by atoms with van der Waals surface area (Å²) in [4.78, 5) is 10.5. The van der Waals surface area contributed by atoms with E-state index in [0.29, 0.717) is 17.4 Å². The van der Waals surface area contributed by atoms with Crippen molar-refractivity contribution < 1.29 is 18.9 Å². The average molecular weight is 665 g/mol. The van der Waals surface area contributed by atoms with Crippen LogP contribution in [0, 0.1) is 0 Å². The van der Waals surface area contributed by atoms with Gasteiger partial charge in [-0.25, -0.2) is 9.97 Å². The van der Waals surface area contributed by atoms with E-state index in [4.69, 9.17) is 24.7 Å². The second kappa shape index (κ2) is 15.0. The maximum absolute atomic E-state index is 6.20. The molecule has 6 aromatic rings. The quantitative estimate of drug-likeness (QED) is 0.180. The second-order valence-electron chi connectivity index (χ2n) is 12.5. The lowest BCUT2D eigenvalue weighted by Crippen LogP contribution is -2.15. The van der Waals surface area contributed by atoms with Crippen molar-refractivity contribution in [2.24, 2.45) is 0 Å². The molecule has 4 aromatic carbocycles. The summed E-state index contributed by atoms with van der Waals surface area (Å²) < 4.78 is 24.1. The van der Waals surface area contributed by atoms with Crippen LogP contribution in [-0.2, 0) is 12.8 Å². The van der Waals surface area contributed by atoms with E-state index >= 15 is 0 Å². The van der Waals surface area contributed by atoms with Crippen molar-refractivity contribution in [3.63, 3.8) is 0 Å². The van der Waals surface area contributed by atoms with E-state index in [1.165, 1.54) is 16.7 Å². The number of fused-ring (bicyclic) bond motifs is 2. The van der Waals surface area contributed by atoms with Crippen molar-refractivity contribution in [1.29, 1.82) is 0 Å². The molecule has 0 radical (unpaired) electrons. The molecule has 2 unspecified atom stereocenters. The zero-order valence-corrected chi connectivity index (χ0v) is 28.2. The van der Waals surface area contributed by atoms with E-state index < -0.39 is 0 Å². The summed E-state index contributed by atoms with van der Waals surface area (Å²) in [5.74, 6) is 4.53. The SMILES string of the molecule is CN(C)c1ccnc(Oc2ccc3c(c2)CCC(c2ccccc2)O3)c1.Nc1ccc(Oc2ccc3c(c2)CCC(c2ccccc2)O3)nc1. The lowest BCUT2D eigenvalue weighted by molar-refractivity contribution is 0.176. The minimum Gasteiger partial charge on any atom is -0.485 e. The van der Waals surface area contributed by atoms with E-state index in [9.17, 15) is 0 Å². The van der Waals surface area contributed by atoms with Gasteiger partial charge in [-0.05, 0) is 96.5 Å². The van der Waals surface area contributed by atoms with Gasteiger partial charge >= 0.3 is 0 Å². The highest BCUT2D eigenvalue weighted by Gasteiger charge is 2.23. The number of ether oxygens (including phenoxy) is 4. The molecular formula is C42H40N4O4. The predicted octanol–water partition coefficient (Wildman–Crippen LogP) is 9.53. The normalized spacial score (nSPS) is 15.9. The van der Waals surface area contributed by atoms with E-state index in [1.54, 1.807) is 24.5 Å². The third kappa shape index (κ3) is 7.98. The molecule has 2 aromatic heterocycles. The van der Waals surface area contributed by atoms with Crippen molar-refractivity contribution in [3.8, 4) is 34.8 Å². The molecule has 8 heteroatoms. The van der Waals surface area contributed by atoms with E-state index in [0.717, 1.165) is 59.9 Å². The molecule has 0 bridgehead atoms. The summed E-state index contributed by atoms with van der Waals surface area (Å²) >= 11 is 0. The number of rotatable bonds is 7. The summed E-state index contributed by atoms with van der Waals surface area (Å²) in [6, 6.07) is 40.0. The van der Waals surface area contributed by atoms with Gasteiger partial charge < -0.3 is 29.6 Å². The molecule has 50 heavy (non-hydrogen) atoms. The van der Waals surface area contributed by atoms with Gasteiger partial charge in [0.05, 0.1) is 11.9 Å². The Morgan fingerprint density at radius 3 is 1.70 bits per heavy atom. The Hall–Kier alpha value is -6.02. The maximum Gasteiger partial charge on any atom is 0.221 e. The summed E-state index contributed by atoms with van der Waals surface area (Å²) in [5.41, 5.74) is 12.1. The van der Waals surface area contributed by atoms with Crippen molar-refractivity contribution in [3.05, 3.63) is 156 Å². The molecule has 0 spiro atoms. The molecule has 8 nitrogen and oxygen atoms in total. The van der Waals surface area contributed by atoms with Crippen LogP contribution in [0.2, 0.25) is 0 Å². The Kier molecular flexibility index (Phi) is 9.78. The number of benzene rings is 4. The van der Waals surface area contributed by atoms with Gasteiger partial charge in [-0.15, -0.1) is 0 Å². The number of nitrogens with zero attached hydrogens (tertiary/aromatic N) is 3. The predicted molar refractivity (Wildman–Crippen MR) is 197 cm³/mol. The molecule has 2 aliphatic rings. The van der Waals surface area contributed by atoms with Crippen LogP contribution < -0.4 is 29.6 Å². The van der Waals surface area contributed by atoms with E-state index in [2.05, 4.69) is 52.4 Å². The molecule has 0 aliphatic carbocycles. The summed E-state index contributed by atoms with van der Waals surface area (Å²) in [6.07, 6.45) is 7.43. The number of aromatic nitrogens is 2. The van der Waals surface area contributed by atoms with E-state index in [-0.39, 0.29) is 12.2 Å². The van der Waals surface area contributed by atoms with Gasteiger partial charge in [0.2, 0.25) is 11.8 Å². The fraction of sp³-hybridized carbons (Fsp3) is 0.190. The lowest BCUT2D eigenvalue weighted by Gasteiger charge is -2.26. The summed E-state index contributed by atoms with van der Waals surface area (Å²) in [7, 11) is 4.00. The standard InChI is InChI=1S/C22H22N2O2.C20H18N2O2/c1-24(2)18-12-13-23-22(15-18)25-19-9-11-21-17(14-19)8-10-20(26-21)16-6-4-3-5-7-16;21-16-7-11-20(22-13-16)23-17-8-10-19-15(12-17)6-9-18(24-19)14-4-2-1-3-5-14/h3-7,9,11-15,20H,8,10H2,1-2H3;1-5,7-8,10-13,18H,6,9,21H2. The molecule has 2 aliphatic heterocycles. The maximum atomic E-state index is 6.20. The van der Waals surface area contributed by atoms with Crippen molar-refractivity contribution >= 4 is 11.4 Å². The zero-order valence-electron chi connectivity index (χ0n) is 28.2. The first-order valence-corrected chi connectivity index (χ1v) is 16.9. The highest BCUT2D eigenvalue weighted by Crippen LogP contribution is 2.39. The number of hydrogen-bond acceptors (Lipinski definition) is 8. The van der Waals surface area contributed by atoms with Crippen LogP contribution in [0.3, 0.4) is 0 Å². The number of aryl methyl sites for hydroxylation is 2. The third-order valence-corrected chi connectivity index (χ3v) is 8.74. The number of pyridine rings is 2. The monoisotopic (exact) mass is 664 g/mol. The van der Waals surface area contributed by atoms with Crippen LogP contribution in [-0.4, -0.2) is 24.1 Å². The molecule has 0 saturated carbocycles. The topological polar surface area (TPSA) is 92.0 Å². The average Bonchev–Trinajstić information content (AvgIpc) is 3.16. The van der Waals surface area contributed by atoms with Crippen molar-refractivity contribution in [1.82, 2.24) is 9.97 Å². The van der Waals surface area contributed by atoms with Crippen molar-refractivity contribution in [2.45, 2.75) is 37.9 Å². The molecule has 0 amide bonds. The highest BCUT2D eigenvalue weighted by atomic mass is 16.5. The first-order valence-electron chi connectivity index (χ1n) is 16.9. The highest BCUT2D eigenvalue weighted by molar-refractivity contribution is 5.49. The Morgan fingerprint density at radius 1 is 0.620 bits per heavy atom. The van der Waals surface area contributed by atoms with Gasteiger partial charge in [0.25, 0.3) is 0 Å². The van der Waals surface area contributed by atoms with Crippen LogP contribution in [0.4, 0.5) is 11.4 Å². The van der Waals surface area contributed by atoms with Crippen molar-refractivity contribution in [2.75, 3.05) is 24.7 Å². The van der Waals surface area contributed by atoms with Gasteiger partial charge in [0.15, 0.2) is 0 Å². The minimum absolute atomic E-state index is 0.115. The largest absolute Gasteiger partial charge is 0.485 e. The first kappa shape index (κ1) is 32.5. The second-order valence-corrected chi connectivity index (χ2v) is 12.5. The van der Waals surface area contributed by atoms with E-state index in [1.807, 2.05) is 85.7 Å². The molecule has 0 fully saturated rings. The first-order chi connectivity index (χ1) is 24.5. The van der Waals surface area contributed by atoms with Crippen LogP contribution >= 0.6 is 0 Å². The number of hydrogen-bond donors (Lipinski definition) is 1.